The van der Waals surface area contributed by atoms with Gasteiger partial charge < -0.3 is 9.47 Å². The van der Waals surface area contributed by atoms with Crippen LogP contribution in [0.15, 0.2) is 97.1 Å². The number of hydrogen-bond acceptors (Lipinski definition) is 2. The molecule has 0 radical (unpaired) electrons. The second kappa shape index (κ2) is 8.59. The lowest BCUT2D eigenvalue weighted by Crippen LogP contribution is -2.29. The first-order valence-electron chi connectivity index (χ1n) is 11.2. The van der Waals surface area contributed by atoms with Crippen LogP contribution in [0.4, 0.5) is 5.69 Å². The van der Waals surface area contributed by atoms with E-state index in [2.05, 4.69) is 122 Å². The first-order chi connectivity index (χ1) is 16.1. The molecule has 4 aromatic carbocycles. The molecule has 33 heavy (non-hydrogen) atoms. The van der Waals surface area contributed by atoms with E-state index < -0.39 is 5.41 Å². The smallest absolute Gasteiger partial charge is 0.292 e. The van der Waals surface area contributed by atoms with Gasteiger partial charge in [0.25, 0.3) is 6.73 Å². The quantitative estimate of drug-likeness (QED) is 0.265. The molecule has 1 aliphatic rings. The molecule has 5 rings (SSSR count). The molecule has 0 saturated heterocycles. The number of hydrogen-bond donors (Lipinski definition) is 0. The highest BCUT2D eigenvalue weighted by Gasteiger charge is 2.37. The van der Waals surface area contributed by atoms with Crippen LogP contribution in [0, 0.1) is 6.92 Å². The lowest BCUT2D eigenvalue weighted by atomic mass is 9.70. The van der Waals surface area contributed by atoms with E-state index in [9.17, 15) is 0 Å². The fraction of sp³-hybridized carbons (Fsp3) is 0.167. The molecule has 1 aliphatic heterocycles. The summed E-state index contributed by atoms with van der Waals surface area (Å²) in [5.74, 6) is 1.71. The molecule has 164 valence electrons. The van der Waals surface area contributed by atoms with Crippen molar-refractivity contribution in [3.63, 3.8) is 0 Å². The Bertz CT molecular complexity index is 1270. The van der Waals surface area contributed by atoms with Crippen LogP contribution in [-0.2, 0) is 5.41 Å². The van der Waals surface area contributed by atoms with E-state index in [4.69, 9.17) is 9.47 Å². The number of ether oxygens (including phenoxy) is 2. The Hall–Kier alpha value is -3.85. The van der Waals surface area contributed by atoms with Crippen molar-refractivity contribution in [2.75, 3.05) is 13.8 Å². The van der Waals surface area contributed by atoms with Gasteiger partial charge in [-0.15, -0.1) is 0 Å². The first kappa shape index (κ1) is 21.0. The topological polar surface area (TPSA) is 21.5 Å². The summed E-state index contributed by atoms with van der Waals surface area (Å²) >= 11 is 0. The highest BCUT2D eigenvalue weighted by molar-refractivity contribution is 5.84. The Balaban J connectivity index is 1.75. The Morgan fingerprint density at radius 1 is 0.818 bits per heavy atom. The average Bonchev–Trinajstić information content (AvgIpc) is 2.88. The van der Waals surface area contributed by atoms with Crippen molar-refractivity contribution in [2.24, 2.45) is 0 Å². The fourth-order valence-electron chi connectivity index (χ4n) is 4.75. The average molecular weight is 435 g/mol. The van der Waals surface area contributed by atoms with Gasteiger partial charge in [-0.3, -0.25) is 0 Å². The summed E-state index contributed by atoms with van der Waals surface area (Å²) in [5, 5.41) is 0. The van der Waals surface area contributed by atoms with Crippen LogP contribution in [0.25, 0.3) is 0 Å². The minimum absolute atomic E-state index is 0.417. The van der Waals surface area contributed by atoms with Crippen LogP contribution >= 0.6 is 0 Å². The molecule has 0 atom stereocenters. The highest BCUT2D eigenvalue weighted by Crippen LogP contribution is 2.46. The fourth-order valence-corrected chi connectivity index (χ4v) is 4.75. The number of methoxy groups -OCH3 is 1. The zero-order chi connectivity index (χ0) is 22.8. The van der Waals surface area contributed by atoms with Gasteiger partial charge in [0, 0.05) is 22.6 Å². The van der Waals surface area contributed by atoms with E-state index in [-0.39, 0.29) is 0 Å². The number of rotatable bonds is 5. The van der Waals surface area contributed by atoms with Crippen LogP contribution in [0.2, 0.25) is 0 Å². The highest BCUT2D eigenvalue weighted by atomic mass is 16.5. The van der Waals surface area contributed by atoms with E-state index >= 15 is 0 Å². The molecular weight excluding hydrogens is 406 g/mol. The van der Waals surface area contributed by atoms with Crippen molar-refractivity contribution in [1.82, 2.24) is 0 Å². The van der Waals surface area contributed by atoms with Gasteiger partial charge in [-0.2, -0.15) is 4.58 Å². The maximum absolute atomic E-state index is 6.50. The zero-order valence-corrected chi connectivity index (χ0v) is 19.3. The molecule has 3 heteroatoms. The van der Waals surface area contributed by atoms with Gasteiger partial charge in [0.05, 0.1) is 12.7 Å². The lowest BCUT2D eigenvalue weighted by Gasteiger charge is -2.34. The Morgan fingerprint density at radius 3 is 2.03 bits per heavy atom. The van der Waals surface area contributed by atoms with Gasteiger partial charge in [0.2, 0.25) is 5.69 Å². The molecule has 0 unspecified atom stereocenters. The molecule has 0 aliphatic carbocycles. The summed E-state index contributed by atoms with van der Waals surface area (Å²) in [6.45, 7) is 4.85. The number of benzene rings is 4. The van der Waals surface area contributed by atoms with Gasteiger partial charge in [-0.05, 0) is 37.1 Å². The van der Waals surface area contributed by atoms with Crippen LogP contribution < -0.4 is 9.47 Å². The third-order valence-corrected chi connectivity index (χ3v) is 6.64. The van der Waals surface area contributed by atoms with Crippen molar-refractivity contribution >= 4 is 11.9 Å². The number of aryl methyl sites for hydroxylation is 1. The molecule has 0 fully saturated rings. The summed E-state index contributed by atoms with van der Waals surface area (Å²) in [7, 11) is 1.72. The number of para-hydroxylation sites is 1. The monoisotopic (exact) mass is 434 g/mol. The van der Waals surface area contributed by atoms with Gasteiger partial charge in [0.1, 0.15) is 11.5 Å². The molecule has 0 aromatic heterocycles. The summed E-state index contributed by atoms with van der Waals surface area (Å²) in [6.07, 6.45) is 2.17. The molecule has 0 amide bonds. The van der Waals surface area contributed by atoms with E-state index in [1.165, 1.54) is 16.7 Å². The van der Waals surface area contributed by atoms with Crippen molar-refractivity contribution < 1.29 is 14.0 Å². The summed E-state index contributed by atoms with van der Waals surface area (Å²) in [6, 6.07) is 33.8. The van der Waals surface area contributed by atoms with Crippen molar-refractivity contribution in [3.05, 3.63) is 125 Å². The molecule has 0 spiro atoms. The molecule has 1 heterocycles. The maximum atomic E-state index is 6.50. The minimum Gasteiger partial charge on any atom is -0.497 e. The van der Waals surface area contributed by atoms with Crippen LogP contribution in [0.3, 0.4) is 0 Å². The standard InChI is InChI=1S/C30H28NO2/c1-22-12-10-11-17-28(22)31-20-23-18-26(32-3)19-27(29(23)33-21-31)30(2,24-13-6-4-7-14-24)25-15-8-5-9-16-25/h4-20H,21H2,1-3H3/q+1. The Kier molecular flexibility index (Phi) is 5.47. The molecule has 4 aromatic rings. The summed E-state index contributed by atoms with van der Waals surface area (Å²) in [5.41, 5.74) is 6.45. The number of fused-ring (bicyclic) bond motifs is 1. The van der Waals surface area contributed by atoms with Gasteiger partial charge in [0.15, 0.2) is 6.21 Å². The summed E-state index contributed by atoms with van der Waals surface area (Å²) in [4.78, 5) is 0. The number of nitrogens with zero attached hydrogens (tertiary/aromatic N) is 1. The predicted molar refractivity (Wildman–Crippen MR) is 133 cm³/mol. The first-order valence-corrected chi connectivity index (χ1v) is 11.2. The van der Waals surface area contributed by atoms with Crippen LogP contribution in [0.5, 0.6) is 11.5 Å². The Morgan fingerprint density at radius 2 is 1.42 bits per heavy atom. The third-order valence-electron chi connectivity index (χ3n) is 6.64. The van der Waals surface area contributed by atoms with E-state index in [0.29, 0.717) is 6.73 Å². The van der Waals surface area contributed by atoms with Crippen LogP contribution in [0.1, 0.15) is 34.7 Å². The molecular formula is C30H28NO2+. The van der Waals surface area contributed by atoms with Crippen molar-refractivity contribution in [1.29, 1.82) is 0 Å². The third kappa shape index (κ3) is 3.70. The molecule has 0 bridgehead atoms. The second-order valence-corrected chi connectivity index (χ2v) is 8.61. The molecule has 0 saturated carbocycles. The SMILES string of the molecule is COc1cc2c(c(C(C)(c3ccccc3)c3ccccc3)c1)OC[N+](c1ccccc1C)=C2. The van der Waals surface area contributed by atoms with Crippen molar-refractivity contribution in [2.45, 2.75) is 19.3 Å². The minimum atomic E-state index is -0.417. The van der Waals surface area contributed by atoms with Gasteiger partial charge >= 0.3 is 0 Å². The van der Waals surface area contributed by atoms with Gasteiger partial charge in [-0.25, -0.2) is 0 Å². The maximum Gasteiger partial charge on any atom is 0.292 e. The zero-order valence-electron chi connectivity index (χ0n) is 19.3. The van der Waals surface area contributed by atoms with E-state index in [1.54, 1.807) is 7.11 Å². The lowest BCUT2D eigenvalue weighted by molar-refractivity contribution is -0.476. The van der Waals surface area contributed by atoms with E-state index in [0.717, 1.165) is 28.3 Å². The van der Waals surface area contributed by atoms with Gasteiger partial charge in [-0.1, -0.05) is 78.9 Å². The normalized spacial score (nSPS) is 13.0. The van der Waals surface area contributed by atoms with Crippen molar-refractivity contribution in [3.8, 4) is 11.5 Å². The second-order valence-electron chi connectivity index (χ2n) is 8.61. The van der Waals surface area contributed by atoms with Crippen LogP contribution in [-0.4, -0.2) is 24.6 Å². The van der Waals surface area contributed by atoms with E-state index in [1.807, 2.05) is 0 Å². The predicted octanol–water partition coefficient (Wildman–Crippen LogP) is 6.47. The molecule has 3 nitrogen and oxygen atoms in total. The molecule has 0 N–H and O–H groups in total. The summed E-state index contributed by atoms with van der Waals surface area (Å²) < 4.78 is 14.4. The Labute approximate surface area is 195 Å². The largest absolute Gasteiger partial charge is 0.497 e.